The molecular formula is C12H13N5. The third-order valence-electron chi connectivity index (χ3n) is 2.61. The third kappa shape index (κ3) is 2.17. The molecule has 1 atom stereocenters. The summed E-state index contributed by atoms with van der Waals surface area (Å²) in [7, 11) is 0. The van der Waals surface area contributed by atoms with Crippen molar-refractivity contribution in [3.8, 4) is 11.8 Å². The summed E-state index contributed by atoms with van der Waals surface area (Å²) in [4.78, 5) is 3.89. The lowest BCUT2D eigenvalue weighted by molar-refractivity contribution is 0.686. The Bertz CT molecular complexity index is 552. The molecule has 0 saturated carbocycles. The highest BCUT2D eigenvalue weighted by molar-refractivity contribution is 5.42. The second-order valence-corrected chi connectivity index (χ2v) is 3.70. The lowest BCUT2D eigenvalue weighted by Crippen LogP contribution is -2.12. The predicted octanol–water partition coefficient (Wildman–Crippen LogP) is 1.55. The van der Waals surface area contributed by atoms with Crippen LogP contribution < -0.4 is 5.73 Å². The third-order valence-corrected chi connectivity index (χ3v) is 2.61. The number of hydrogen-bond donors (Lipinski definition) is 1. The van der Waals surface area contributed by atoms with Crippen LogP contribution in [0.4, 0.5) is 0 Å². The lowest BCUT2D eigenvalue weighted by atomic mass is 10.0. The molecular weight excluding hydrogens is 214 g/mol. The molecule has 5 nitrogen and oxygen atoms in total. The number of nitrogens with zero attached hydrogens (tertiary/aromatic N) is 4. The van der Waals surface area contributed by atoms with Gasteiger partial charge in [0, 0.05) is 6.04 Å². The lowest BCUT2D eigenvalue weighted by Gasteiger charge is -2.13. The van der Waals surface area contributed by atoms with Gasteiger partial charge in [0.2, 0.25) is 0 Å². The predicted molar refractivity (Wildman–Crippen MR) is 63.3 cm³/mol. The fourth-order valence-electron chi connectivity index (χ4n) is 1.66. The Labute approximate surface area is 99.5 Å². The molecule has 2 aromatic rings. The van der Waals surface area contributed by atoms with Gasteiger partial charge in [0.05, 0.1) is 5.69 Å². The fourth-order valence-corrected chi connectivity index (χ4v) is 1.66. The maximum atomic E-state index is 8.71. The van der Waals surface area contributed by atoms with Crippen molar-refractivity contribution in [3.05, 3.63) is 42.0 Å². The number of rotatable bonds is 3. The zero-order valence-electron chi connectivity index (χ0n) is 9.54. The van der Waals surface area contributed by atoms with Crippen LogP contribution in [0.1, 0.15) is 30.8 Å². The van der Waals surface area contributed by atoms with Crippen LogP contribution in [0, 0.1) is 11.3 Å². The highest BCUT2D eigenvalue weighted by Gasteiger charge is 2.11. The van der Waals surface area contributed by atoms with Crippen molar-refractivity contribution in [2.45, 2.75) is 19.4 Å². The highest BCUT2D eigenvalue weighted by atomic mass is 15.3. The van der Waals surface area contributed by atoms with Crippen LogP contribution in [-0.4, -0.2) is 14.8 Å². The van der Waals surface area contributed by atoms with Crippen LogP contribution in [0.25, 0.3) is 5.69 Å². The molecule has 0 aliphatic rings. The molecule has 0 amide bonds. The maximum absolute atomic E-state index is 8.71. The first-order valence-electron chi connectivity index (χ1n) is 5.43. The first-order chi connectivity index (χ1) is 8.26. The molecule has 1 aromatic heterocycles. The minimum absolute atomic E-state index is 0.0408. The van der Waals surface area contributed by atoms with Gasteiger partial charge in [-0.05, 0) is 18.1 Å². The largest absolute Gasteiger partial charge is 0.324 e. The van der Waals surface area contributed by atoms with Gasteiger partial charge < -0.3 is 5.73 Å². The number of nitriles is 1. The number of benzene rings is 1. The van der Waals surface area contributed by atoms with Crippen molar-refractivity contribution in [2.75, 3.05) is 0 Å². The molecule has 0 radical (unpaired) electrons. The summed E-state index contributed by atoms with van der Waals surface area (Å²) in [6.45, 7) is 2.03. The molecule has 86 valence electrons. The molecule has 1 aromatic carbocycles. The molecule has 2 rings (SSSR count). The van der Waals surface area contributed by atoms with Gasteiger partial charge in [-0.3, -0.25) is 0 Å². The Hall–Kier alpha value is -2.19. The van der Waals surface area contributed by atoms with E-state index in [1.807, 2.05) is 37.3 Å². The number of aromatic nitrogens is 3. The van der Waals surface area contributed by atoms with Crippen molar-refractivity contribution in [1.29, 1.82) is 5.26 Å². The molecule has 1 heterocycles. The monoisotopic (exact) mass is 227 g/mol. The Kier molecular flexibility index (Phi) is 3.17. The van der Waals surface area contributed by atoms with Crippen molar-refractivity contribution in [3.63, 3.8) is 0 Å². The molecule has 0 bridgehead atoms. The average molecular weight is 227 g/mol. The van der Waals surface area contributed by atoms with E-state index in [9.17, 15) is 0 Å². The van der Waals surface area contributed by atoms with Gasteiger partial charge in [-0.1, -0.05) is 25.1 Å². The van der Waals surface area contributed by atoms with Crippen molar-refractivity contribution in [2.24, 2.45) is 5.73 Å². The topological polar surface area (TPSA) is 80.5 Å². The van der Waals surface area contributed by atoms with Crippen molar-refractivity contribution in [1.82, 2.24) is 14.8 Å². The van der Waals surface area contributed by atoms with Gasteiger partial charge >= 0.3 is 0 Å². The van der Waals surface area contributed by atoms with Crippen LogP contribution in [-0.2, 0) is 0 Å². The molecule has 0 aliphatic heterocycles. The Morgan fingerprint density at radius 3 is 2.88 bits per heavy atom. The summed E-state index contributed by atoms with van der Waals surface area (Å²) in [6.07, 6.45) is 2.37. The van der Waals surface area contributed by atoms with E-state index in [1.165, 1.54) is 6.33 Å². The highest BCUT2D eigenvalue weighted by Crippen LogP contribution is 2.21. The zero-order valence-corrected chi connectivity index (χ0v) is 9.54. The normalized spacial score (nSPS) is 12.1. The minimum Gasteiger partial charge on any atom is -0.324 e. The fraction of sp³-hybridized carbons (Fsp3) is 0.250. The van der Waals surface area contributed by atoms with Gasteiger partial charge in [-0.25, -0.2) is 9.67 Å². The SMILES string of the molecule is CCC(N)c1ccccc1-n1cnc(C#N)n1. The van der Waals surface area contributed by atoms with E-state index < -0.39 is 0 Å². The summed E-state index contributed by atoms with van der Waals surface area (Å²) in [6, 6.07) is 9.60. The van der Waals surface area contributed by atoms with Crippen LogP contribution in [0.2, 0.25) is 0 Å². The molecule has 0 aliphatic carbocycles. The number of para-hydroxylation sites is 1. The van der Waals surface area contributed by atoms with E-state index >= 15 is 0 Å². The van der Waals surface area contributed by atoms with E-state index in [0.29, 0.717) is 0 Å². The van der Waals surface area contributed by atoms with Crippen molar-refractivity contribution >= 4 is 0 Å². The van der Waals surface area contributed by atoms with E-state index in [4.69, 9.17) is 11.0 Å². The molecule has 5 heteroatoms. The van der Waals surface area contributed by atoms with Gasteiger partial charge in [-0.2, -0.15) is 5.26 Å². The Morgan fingerprint density at radius 2 is 2.24 bits per heavy atom. The maximum Gasteiger partial charge on any atom is 0.252 e. The van der Waals surface area contributed by atoms with E-state index in [1.54, 1.807) is 4.68 Å². The number of hydrogen-bond acceptors (Lipinski definition) is 4. The summed E-state index contributed by atoms with van der Waals surface area (Å²) in [5, 5.41) is 12.8. The van der Waals surface area contributed by atoms with Crippen LogP contribution >= 0.6 is 0 Å². The van der Waals surface area contributed by atoms with Crippen LogP contribution in [0.5, 0.6) is 0 Å². The summed E-state index contributed by atoms with van der Waals surface area (Å²) in [5.74, 6) is 0.157. The van der Waals surface area contributed by atoms with Gasteiger partial charge in [0.15, 0.2) is 0 Å². The quantitative estimate of drug-likeness (QED) is 0.862. The van der Waals surface area contributed by atoms with Crippen LogP contribution in [0.3, 0.4) is 0 Å². The summed E-state index contributed by atoms with van der Waals surface area (Å²) < 4.78 is 1.59. The zero-order chi connectivity index (χ0) is 12.3. The molecule has 17 heavy (non-hydrogen) atoms. The van der Waals surface area contributed by atoms with Crippen molar-refractivity contribution < 1.29 is 0 Å². The molecule has 0 spiro atoms. The molecule has 2 N–H and O–H groups in total. The standard InChI is InChI=1S/C12H13N5/c1-2-10(14)9-5-3-4-6-11(9)17-8-15-12(7-13)16-17/h3-6,8,10H,2,14H2,1H3. The summed E-state index contributed by atoms with van der Waals surface area (Å²) >= 11 is 0. The smallest absolute Gasteiger partial charge is 0.252 e. The average Bonchev–Trinajstić information content (AvgIpc) is 2.86. The van der Waals surface area contributed by atoms with Gasteiger partial charge in [-0.15, -0.1) is 5.10 Å². The Balaban J connectivity index is 2.48. The first kappa shape index (κ1) is 11.3. The second-order valence-electron chi connectivity index (χ2n) is 3.70. The van der Waals surface area contributed by atoms with Gasteiger partial charge in [0.25, 0.3) is 5.82 Å². The second kappa shape index (κ2) is 4.76. The minimum atomic E-state index is -0.0408. The van der Waals surface area contributed by atoms with E-state index in [0.717, 1.165) is 17.7 Å². The molecule has 0 fully saturated rings. The Morgan fingerprint density at radius 1 is 1.47 bits per heavy atom. The van der Waals surface area contributed by atoms with Crippen LogP contribution in [0.15, 0.2) is 30.6 Å². The first-order valence-corrected chi connectivity index (χ1v) is 5.43. The van der Waals surface area contributed by atoms with E-state index in [-0.39, 0.29) is 11.9 Å². The summed E-state index contributed by atoms with van der Waals surface area (Å²) in [5.41, 5.74) is 7.92. The van der Waals surface area contributed by atoms with Gasteiger partial charge in [0.1, 0.15) is 12.4 Å². The number of nitrogens with two attached hydrogens (primary N) is 1. The molecule has 0 saturated heterocycles. The molecule has 1 unspecified atom stereocenters. The van der Waals surface area contributed by atoms with E-state index in [2.05, 4.69) is 10.1 Å².